The van der Waals surface area contributed by atoms with E-state index in [4.69, 9.17) is 9.97 Å². The fourth-order valence-electron chi connectivity index (χ4n) is 3.84. The fourth-order valence-corrected chi connectivity index (χ4v) is 3.84. The molecule has 1 aliphatic heterocycles. The van der Waals surface area contributed by atoms with Crippen LogP contribution < -0.4 is 15.1 Å². The third-order valence-corrected chi connectivity index (χ3v) is 5.38. The molecular weight excluding hydrogens is 346 g/mol. The lowest BCUT2D eigenvalue weighted by molar-refractivity contribution is 0.156. The summed E-state index contributed by atoms with van der Waals surface area (Å²) in [6, 6.07) is 3.57. The van der Waals surface area contributed by atoms with Gasteiger partial charge in [0.05, 0.1) is 24.3 Å². The van der Waals surface area contributed by atoms with Crippen LogP contribution in [0.3, 0.4) is 0 Å². The molecule has 9 heteroatoms. The lowest BCUT2D eigenvalue weighted by Crippen LogP contribution is -2.62. The maximum atomic E-state index is 11.2. The molecule has 9 nitrogen and oxygen atoms in total. The molecule has 1 aliphatic rings. The van der Waals surface area contributed by atoms with Crippen LogP contribution in [-0.4, -0.2) is 56.0 Å². The molecule has 2 aromatic heterocycles. The van der Waals surface area contributed by atoms with Crippen molar-refractivity contribution in [1.29, 1.82) is 0 Å². The first-order valence-electron chi connectivity index (χ1n) is 9.10. The Morgan fingerprint density at radius 3 is 2.67 bits per heavy atom. The second kappa shape index (κ2) is 6.80. The summed E-state index contributed by atoms with van der Waals surface area (Å²) in [6.07, 6.45) is 0.678. The standard InChI is InChI=1S/C18H27N7O2/c1-11-9-25(18(3,4)5,10-13(11)21-17(26)27)16-20-12(2)8-15(23-16)22-14-6-7-19-24-14/h6-8,11,13,21H,9-10H2,1-5H3,(H2-,19,20,22,23,24,26,27)/p+1/t11-,13+,25?/m1/s1. The summed E-state index contributed by atoms with van der Waals surface area (Å²) < 4.78 is 0.512. The Bertz CT molecular complexity index is 816. The van der Waals surface area contributed by atoms with Crippen LogP contribution in [0.4, 0.5) is 22.4 Å². The monoisotopic (exact) mass is 374 g/mol. The van der Waals surface area contributed by atoms with E-state index in [1.165, 1.54) is 0 Å². The summed E-state index contributed by atoms with van der Waals surface area (Å²) >= 11 is 0. The minimum atomic E-state index is -0.993. The van der Waals surface area contributed by atoms with Crippen LogP contribution in [0.5, 0.6) is 0 Å². The molecule has 0 aliphatic carbocycles. The molecule has 3 rings (SSSR count). The van der Waals surface area contributed by atoms with Crippen LogP contribution in [0.1, 0.15) is 33.4 Å². The predicted molar refractivity (Wildman–Crippen MR) is 104 cm³/mol. The van der Waals surface area contributed by atoms with Crippen molar-refractivity contribution in [3.63, 3.8) is 0 Å². The van der Waals surface area contributed by atoms with Gasteiger partial charge in [0.25, 0.3) is 0 Å². The molecule has 1 fully saturated rings. The molecule has 1 amide bonds. The molecule has 0 radical (unpaired) electrons. The summed E-state index contributed by atoms with van der Waals surface area (Å²) in [7, 11) is 0. The van der Waals surface area contributed by atoms with Crippen LogP contribution in [0.25, 0.3) is 0 Å². The molecule has 3 heterocycles. The van der Waals surface area contributed by atoms with Gasteiger partial charge in [0.15, 0.2) is 0 Å². The van der Waals surface area contributed by atoms with Crippen LogP contribution in [-0.2, 0) is 0 Å². The highest BCUT2D eigenvalue weighted by atomic mass is 16.4. The summed E-state index contributed by atoms with van der Waals surface area (Å²) in [5.74, 6) is 2.31. The smallest absolute Gasteiger partial charge is 0.405 e. The number of nitrogens with zero attached hydrogens (tertiary/aromatic N) is 4. The Balaban J connectivity index is 2.01. The first-order valence-corrected chi connectivity index (χ1v) is 9.10. The van der Waals surface area contributed by atoms with Gasteiger partial charge in [-0.25, -0.2) is 4.79 Å². The average Bonchev–Trinajstić information content (AvgIpc) is 3.15. The van der Waals surface area contributed by atoms with Crippen molar-refractivity contribution in [3.05, 3.63) is 24.0 Å². The maximum Gasteiger partial charge on any atom is 0.405 e. The van der Waals surface area contributed by atoms with Crippen LogP contribution >= 0.6 is 0 Å². The normalized spacial score (nSPS) is 25.4. The quantitative estimate of drug-likeness (QED) is 0.612. The average molecular weight is 374 g/mol. The lowest BCUT2D eigenvalue weighted by atomic mass is 10.0. The zero-order valence-corrected chi connectivity index (χ0v) is 16.4. The number of amides is 1. The Hall–Kier alpha value is -2.68. The van der Waals surface area contributed by atoms with E-state index < -0.39 is 6.09 Å². The van der Waals surface area contributed by atoms with E-state index in [1.54, 1.807) is 6.20 Å². The number of carboxylic acid groups (broad SMARTS) is 1. The molecule has 0 spiro atoms. The number of anilines is 2. The number of aromatic amines is 1. The van der Waals surface area contributed by atoms with Crippen LogP contribution in [0, 0.1) is 12.8 Å². The second-order valence-corrected chi connectivity index (χ2v) is 8.33. The topological polar surface area (TPSA) is 116 Å². The Labute approximate surface area is 158 Å². The van der Waals surface area contributed by atoms with Gasteiger partial charge >= 0.3 is 12.0 Å². The van der Waals surface area contributed by atoms with Gasteiger partial charge in [0, 0.05) is 23.7 Å². The molecule has 1 unspecified atom stereocenters. The minimum Gasteiger partial charge on any atom is -0.465 e. The summed E-state index contributed by atoms with van der Waals surface area (Å²) in [5.41, 5.74) is 0.661. The maximum absolute atomic E-state index is 11.2. The van der Waals surface area contributed by atoms with E-state index in [0.717, 1.165) is 18.1 Å². The van der Waals surface area contributed by atoms with E-state index in [-0.39, 0.29) is 17.5 Å². The highest BCUT2D eigenvalue weighted by Crippen LogP contribution is 2.38. The fraction of sp³-hybridized carbons (Fsp3) is 0.556. The molecule has 2 aromatic rings. The van der Waals surface area contributed by atoms with Gasteiger partial charge in [-0.05, 0) is 27.7 Å². The van der Waals surface area contributed by atoms with Gasteiger partial charge < -0.3 is 15.7 Å². The minimum absolute atomic E-state index is 0.144. The van der Waals surface area contributed by atoms with Gasteiger partial charge in [-0.2, -0.15) is 15.1 Å². The van der Waals surface area contributed by atoms with Crippen molar-refractivity contribution in [3.8, 4) is 0 Å². The highest BCUT2D eigenvalue weighted by Gasteiger charge is 2.54. The van der Waals surface area contributed by atoms with E-state index in [9.17, 15) is 9.90 Å². The summed E-state index contributed by atoms with van der Waals surface area (Å²) in [6.45, 7) is 11.8. The summed E-state index contributed by atoms with van der Waals surface area (Å²) in [4.78, 5) is 20.8. The Morgan fingerprint density at radius 2 is 2.07 bits per heavy atom. The number of H-pyrrole nitrogens is 1. The molecule has 4 N–H and O–H groups in total. The number of aromatic nitrogens is 4. The Kier molecular flexibility index (Phi) is 4.81. The van der Waals surface area contributed by atoms with Gasteiger partial charge in [-0.15, -0.1) is 0 Å². The highest BCUT2D eigenvalue weighted by molar-refractivity contribution is 5.65. The number of aryl methyl sites for hydroxylation is 1. The number of nitrogens with one attached hydrogen (secondary N) is 3. The van der Waals surface area contributed by atoms with E-state index in [2.05, 4.69) is 48.5 Å². The van der Waals surface area contributed by atoms with Crippen molar-refractivity contribution in [2.24, 2.45) is 5.92 Å². The van der Waals surface area contributed by atoms with E-state index in [1.807, 2.05) is 19.1 Å². The van der Waals surface area contributed by atoms with Crippen molar-refractivity contribution in [1.82, 2.24) is 30.0 Å². The van der Waals surface area contributed by atoms with Crippen LogP contribution in [0.15, 0.2) is 18.3 Å². The molecule has 0 bridgehead atoms. The van der Waals surface area contributed by atoms with Crippen molar-refractivity contribution in [2.45, 2.75) is 46.2 Å². The van der Waals surface area contributed by atoms with Crippen molar-refractivity contribution in [2.75, 3.05) is 18.4 Å². The van der Waals surface area contributed by atoms with E-state index >= 15 is 0 Å². The zero-order chi connectivity index (χ0) is 19.8. The third-order valence-electron chi connectivity index (χ3n) is 5.38. The number of hydrogen-bond donors (Lipinski definition) is 4. The molecule has 0 aromatic carbocycles. The number of rotatable bonds is 4. The van der Waals surface area contributed by atoms with E-state index in [0.29, 0.717) is 22.8 Å². The molecule has 1 saturated heterocycles. The molecule has 27 heavy (non-hydrogen) atoms. The number of likely N-dealkylation sites (tertiary alicyclic amines) is 1. The number of carbonyl (C=O) groups is 1. The number of hydrogen-bond acceptors (Lipinski definition) is 5. The van der Waals surface area contributed by atoms with Gasteiger partial charge in [-0.3, -0.25) is 9.58 Å². The van der Waals surface area contributed by atoms with Gasteiger partial charge in [-0.1, -0.05) is 6.92 Å². The first kappa shape index (κ1) is 19.1. The molecule has 3 atom stereocenters. The summed E-state index contributed by atoms with van der Waals surface area (Å²) in [5, 5.41) is 21.9. The molecular formula is C18H28N7O2+. The SMILES string of the molecule is Cc1cc(Nc2ccn[nH]2)nc([N+]2(C(C)(C)C)C[C@@H](C)[C@@H](NC(=O)O)C2)n1. The Morgan fingerprint density at radius 1 is 1.33 bits per heavy atom. The molecule has 146 valence electrons. The number of quaternary nitrogens is 1. The third kappa shape index (κ3) is 3.73. The lowest BCUT2D eigenvalue weighted by Gasteiger charge is -2.43. The van der Waals surface area contributed by atoms with Crippen LogP contribution in [0.2, 0.25) is 0 Å². The first-order chi connectivity index (χ1) is 12.6. The second-order valence-electron chi connectivity index (χ2n) is 8.33. The zero-order valence-electron chi connectivity index (χ0n) is 16.4. The van der Waals surface area contributed by atoms with Gasteiger partial charge in [0.2, 0.25) is 0 Å². The predicted octanol–water partition coefficient (Wildman–Crippen LogP) is 2.64. The largest absolute Gasteiger partial charge is 0.465 e. The van der Waals surface area contributed by atoms with Crippen molar-refractivity contribution < 1.29 is 9.90 Å². The molecule has 0 saturated carbocycles. The van der Waals surface area contributed by atoms with Crippen molar-refractivity contribution >= 4 is 23.7 Å². The van der Waals surface area contributed by atoms with Gasteiger partial charge in [0.1, 0.15) is 18.2 Å².